The van der Waals surface area contributed by atoms with Gasteiger partial charge in [0.15, 0.2) is 0 Å². The van der Waals surface area contributed by atoms with E-state index in [0.29, 0.717) is 24.6 Å². The smallest absolute Gasteiger partial charge is 0.324 e. The van der Waals surface area contributed by atoms with E-state index in [1.165, 1.54) is 28.9 Å². The molecule has 0 spiro atoms. The number of nitrogens with one attached hydrogen (secondary N) is 2. The second kappa shape index (κ2) is 7.67. The van der Waals surface area contributed by atoms with Gasteiger partial charge in [-0.1, -0.05) is 18.2 Å². The summed E-state index contributed by atoms with van der Waals surface area (Å²) in [6.45, 7) is 1.12. The van der Waals surface area contributed by atoms with Crippen LogP contribution in [0.4, 0.5) is 14.9 Å². The van der Waals surface area contributed by atoms with Gasteiger partial charge in [0.25, 0.3) is 0 Å². The number of hydrogen-bond donors (Lipinski definition) is 2. The summed E-state index contributed by atoms with van der Waals surface area (Å²) in [6, 6.07) is 14.7. The van der Waals surface area contributed by atoms with Crippen LogP contribution in [0.15, 0.2) is 59.4 Å². The summed E-state index contributed by atoms with van der Waals surface area (Å²) in [5.74, 6) is 0.0936. The normalized spacial score (nSPS) is 16.8. The maximum atomic E-state index is 13.1. The number of hydrogen-bond acceptors (Lipinski definition) is 3. The van der Waals surface area contributed by atoms with Gasteiger partial charge >= 0.3 is 11.7 Å². The second-order valence-corrected chi connectivity index (χ2v) is 6.78. The number of piperidine rings is 1. The number of anilines is 1. The number of benzene rings is 2. The van der Waals surface area contributed by atoms with Crippen LogP contribution in [0.1, 0.15) is 24.6 Å². The van der Waals surface area contributed by atoms with E-state index in [1.54, 1.807) is 4.90 Å². The van der Waals surface area contributed by atoms with E-state index in [2.05, 4.69) is 15.4 Å². The number of urea groups is 1. The van der Waals surface area contributed by atoms with Crippen LogP contribution in [0.5, 0.6) is 0 Å². The molecular weight excluding hydrogens is 361 g/mol. The number of halogens is 1. The quantitative estimate of drug-likeness (QED) is 0.731. The molecule has 1 saturated heterocycles. The van der Waals surface area contributed by atoms with Gasteiger partial charge in [-0.05, 0) is 49.2 Å². The molecule has 0 aliphatic carbocycles. The lowest BCUT2D eigenvalue weighted by atomic mass is 9.98. The molecule has 2 heterocycles. The SMILES string of the molecule is O=C(Nc1ccccc1)N1CCCC(c2nn(-c3ccc(F)cc3)c(=O)[nH]2)C1. The third kappa shape index (κ3) is 3.80. The Balaban J connectivity index is 1.49. The van der Waals surface area contributed by atoms with Gasteiger partial charge in [-0.25, -0.2) is 14.0 Å². The van der Waals surface area contributed by atoms with Crippen molar-refractivity contribution in [1.82, 2.24) is 19.7 Å². The van der Waals surface area contributed by atoms with Gasteiger partial charge in [-0.2, -0.15) is 4.68 Å². The minimum Gasteiger partial charge on any atom is -0.324 e. The van der Waals surface area contributed by atoms with Crippen molar-refractivity contribution in [3.63, 3.8) is 0 Å². The Kier molecular flexibility index (Phi) is 4.92. The van der Waals surface area contributed by atoms with Gasteiger partial charge in [0, 0.05) is 24.7 Å². The fourth-order valence-electron chi connectivity index (χ4n) is 3.39. The lowest BCUT2D eigenvalue weighted by Crippen LogP contribution is -2.41. The number of carbonyl (C=O) groups excluding carboxylic acids is 1. The lowest BCUT2D eigenvalue weighted by molar-refractivity contribution is 0.191. The van der Waals surface area contributed by atoms with Crippen molar-refractivity contribution in [3.8, 4) is 5.69 Å². The highest BCUT2D eigenvalue weighted by atomic mass is 19.1. The van der Waals surface area contributed by atoms with Gasteiger partial charge in [0.05, 0.1) is 5.69 Å². The first-order chi connectivity index (χ1) is 13.6. The minimum absolute atomic E-state index is 0.0651. The molecule has 144 valence electrons. The zero-order chi connectivity index (χ0) is 19.5. The number of nitrogens with zero attached hydrogens (tertiary/aromatic N) is 3. The molecule has 1 aliphatic heterocycles. The summed E-state index contributed by atoms with van der Waals surface area (Å²) < 4.78 is 14.3. The molecule has 0 radical (unpaired) electrons. The molecule has 8 heteroatoms. The molecule has 1 atom stereocenters. The standard InChI is InChI=1S/C20H20FN5O2/c21-15-8-10-17(11-9-15)26-20(28)23-18(24-26)14-5-4-12-25(13-14)19(27)22-16-6-2-1-3-7-16/h1-3,6-11,14H,4-5,12-13H2,(H,22,27)(H,23,24,28). The lowest BCUT2D eigenvalue weighted by Gasteiger charge is -2.31. The molecule has 1 aliphatic rings. The van der Waals surface area contributed by atoms with E-state index < -0.39 is 0 Å². The monoisotopic (exact) mass is 381 g/mol. The van der Waals surface area contributed by atoms with Crippen molar-refractivity contribution in [2.75, 3.05) is 18.4 Å². The number of amides is 2. The van der Waals surface area contributed by atoms with Crippen LogP contribution < -0.4 is 11.0 Å². The highest BCUT2D eigenvalue weighted by molar-refractivity contribution is 5.89. The van der Waals surface area contributed by atoms with Crippen LogP contribution in [-0.4, -0.2) is 38.8 Å². The molecule has 7 nitrogen and oxygen atoms in total. The van der Waals surface area contributed by atoms with Crippen molar-refractivity contribution in [3.05, 3.63) is 76.7 Å². The highest BCUT2D eigenvalue weighted by Gasteiger charge is 2.27. The zero-order valence-corrected chi connectivity index (χ0v) is 15.1. The van der Waals surface area contributed by atoms with Crippen molar-refractivity contribution in [2.24, 2.45) is 0 Å². The first kappa shape index (κ1) is 18.0. The Morgan fingerprint density at radius 2 is 1.89 bits per heavy atom. The number of para-hydroxylation sites is 1. The first-order valence-corrected chi connectivity index (χ1v) is 9.16. The van der Waals surface area contributed by atoms with E-state index >= 15 is 0 Å². The Bertz CT molecular complexity index is 1010. The molecule has 2 amide bonds. The second-order valence-electron chi connectivity index (χ2n) is 6.78. The Labute approximate surface area is 160 Å². The molecule has 0 bridgehead atoms. The van der Waals surface area contributed by atoms with Crippen molar-refractivity contribution < 1.29 is 9.18 Å². The Morgan fingerprint density at radius 1 is 1.14 bits per heavy atom. The number of carbonyl (C=O) groups is 1. The molecule has 2 N–H and O–H groups in total. The van der Waals surface area contributed by atoms with Gasteiger partial charge < -0.3 is 10.2 Å². The first-order valence-electron chi connectivity index (χ1n) is 9.16. The van der Waals surface area contributed by atoms with Crippen LogP contribution in [0.3, 0.4) is 0 Å². The molecule has 1 fully saturated rings. The topological polar surface area (TPSA) is 83.0 Å². The van der Waals surface area contributed by atoms with Crippen molar-refractivity contribution in [2.45, 2.75) is 18.8 Å². The van der Waals surface area contributed by atoms with E-state index in [9.17, 15) is 14.0 Å². The number of aromatic nitrogens is 3. The zero-order valence-electron chi connectivity index (χ0n) is 15.1. The summed E-state index contributed by atoms with van der Waals surface area (Å²) in [7, 11) is 0. The average Bonchev–Trinajstić information content (AvgIpc) is 3.11. The predicted molar refractivity (Wildman–Crippen MR) is 103 cm³/mol. The van der Waals surface area contributed by atoms with Crippen LogP contribution in [0.2, 0.25) is 0 Å². The Hall–Kier alpha value is -3.42. The van der Waals surface area contributed by atoms with Crippen LogP contribution in [-0.2, 0) is 0 Å². The molecule has 2 aromatic carbocycles. The van der Waals surface area contributed by atoms with Crippen LogP contribution in [0.25, 0.3) is 5.69 Å². The molecule has 1 aromatic heterocycles. The van der Waals surface area contributed by atoms with E-state index in [-0.39, 0.29) is 23.5 Å². The van der Waals surface area contributed by atoms with Gasteiger partial charge in [0.1, 0.15) is 11.6 Å². The van der Waals surface area contributed by atoms with E-state index in [0.717, 1.165) is 18.5 Å². The number of H-pyrrole nitrogens is 1. The van der Waals surface area contributed by atoms with Gasteiger partial charge in [-0.15, -0.1) is 5.10 Å². The van der Waals surface area contributed by atoms with Crippen molar-refractivity contribution in [1.29, 1.82) is 0 Å². The highest BCUT2D eigenvalue weighted by Crippen LogP contribution is 2.24. The summed E-state index contributed by atoms with van der Waals surface area (Å²) >= 11 is 0. The van der Waals surface area contributed by atoms with E-state index in [1.807, 2.05) is 30.3 Å². The molecular formula is C20H20FN5O2. The third-order valence-corrected chi connectivity index (χ3v) is 4.83. The summed E-state index contributed by atoms with van der Waals surface area (Å²) in [5.41, 5.74) is 0.847. The number of aromatic amines is 1. The summed E-state index contributed by atoms with van der Waals surface area (Å²) in [5, 5.41) is 7.26. The van der Waals surface area contributed by atoms with E-state index in [4.69, 9.17) is 0 Å². The van der Waals surface area contributed by atoms with Gasteiger partial charge in [-0.3, -0.25) is 4.98 Å². The largest absolute Gasteiger partial charge is 0.348 e. The summed E-state index contributed by atoms with van der Waals surface area (Å²) in [6.07, 6.45) is 1.64. The molecule has 3 aromatic rings. The number of rotatable bonds is 3. The molecule has 1 unspecified atom stereocenters. The third-order valence-electron chi connectivity index (χ3n) is 4.83. The maximum absolute atomic E-state index is 13.1. The predicted octanol–water partition coefficient (Wildman–Crippen LogP) is 3.11. The Morgan fingerprint density at radius 3 is 2.64 bits per heavy atom. The van der Waals surface area contributed by atoms with Crippen molar-refractivity contribution >= 4 is 11.7 Å². The molecule has 28 heavy (non-hydrogen) atoms. The summed E-state index contributed by atoms with van der Waals surface area (Å²) in [4.78, 5) is 29.3. The average molecular weight is 381 g/mol. The molecule has 0 saturated carbocycles. The minimum atomic E-state index is -0.382. The molecule has 4 rings (SSSR count). The fraction of sp³-hybridized carbons (Fsp3) is 0.250. The maximum Gasteiger partial charge on any atom is 0.348 e. The number of likely N-dealkylation sites (tertiary alicyclic amines) is 1. The fourth-order valence-corrected chi connectivity index (χ4v) is 3.39. The van der Waals surface area contributed by atoms with Crippen LogP contribution >= 0.6 is 0 Å². The van der Waals surface area contributed by atoms with Crippen LogP contribution in [0, 0.1) is 5.82 Å². The van der Waals surface area contributed by atoms with Gasteiger partial charge in [0.2, 0.25) is 0 Å².